The third-order valence-electron chi connectivity index (χ3n) is 1.73. The van der Waals surface area contributed by atoms with Gasteiger partial charge in [-0.05, 0) is 11.8 Å². The van der Waals surface area contributed by atoms with Gasteiger partial charge in [0.15, 0.2) is 0 Å². The molecule has 0 aliphatic heterocycles. The third-order valence-corrected chi connectivity index (χ3v) is 1.73. The van der Waals surface area contributed by atoms with Gasteiger partial charge in [-0.2, -0.15) is 0 Å². The van der Waals surface area contributed by atoms with E-state index in [1.807, 2.05) is 0 Å². The molecular weight excluding hydrogens is 108 g/mol. The average Bonchev–Trinajstić information content (AvgIpc) is 1.83. The predicted octanol–water partition coefficient (Wildman–Crippen LogP) is 3.28. The zero-order valence-electron chi connectivity index (χ0n) is 6.98. The van der Waals surface area contributed by atoms with E-state index in [0.29, 0.717) is 0 Å². The molecule has 0 heteroatoms. The van der Waals surface area contributed by atoms with Crippen LogP contribution < -0.4 is 0 Å². The Kier molecular flexibility index (Phi) is 4.84. The first-order valence-electron chi connectivity index (χ1n) is 3.96. The molecule has 9 heavy (non-hydrogen) atoms. The fraction of sp³-hybridized carbons (Fsp3) is 0.889. The predicted molar refractivity (Wildman–Crippen MR) is 43.2 cm³/mol. The Hall–Kier alpha value is 0. The molecular formula is C9H19. The van der Waals surface area contributed by atoms with Crippen LogP contribution in [0.1, 0.15) is 40.0 Å². The van der Waals surface area contributed by atoms with Crippen molar-refractivity contribution in [1.82, 2.24) is 0 Å². The van der Waals surface area contributed by atoms with Crippen molar-refractivity contribution in [1.29, 1.82) is 0 Å². The van der Waals surface area contributed by atoms with Crippen LogP contribution in [0.2, 0.25) is 0 Å². The summed E-state index contributed by atoms with van der Waals surface area (Å²) in [6.07, 6.45) is 3.80. The Morgan fingerprint density at radius 2 is 1.67 bits per heavy atom. The zero-order valence-corrected chi connectivity index (χ0v) is 6.98. The molecule has 0 fully saturated rings. The highest BCUT2D eigenvalue weighted by Gasteiger charge is 1.99. The summed E-state index contributed by atoms with van der Waals surface area (Å²) < 4.78 is 0. The molecule has 0 saturated heterocycles. The Labute approximate surface area is 59.7 Å². The van der Waals surface area contributed by atoms with Gasteiger partial charge < -0.3 is 0 Å². The van der Waals surface area contributed by atoms with Crippen LogP contribution in [0.5, 0.6) is 0 Å². The van der Waals surface area contributed by atoms with Crippen LogP contribution in [0.25, 0.3) is 0 Å². The zero-order chi connectivity index (χ0) is 7.28. The summed E-state index contributed by atoms with van der Waals surface area (Å²) in [5.74, 6) is 1.69. The molecule has 0 N–H and O–H groups in total. The molecule has 0 aromatic rings. The Balaban J connectivity index is 3.06. The molecule has 0 bridgehead atoms. The molecule has 0 aromatic carbocycles. The minimum absolute atomic E-state index is 0.826. The van der Waals surface area contributed by atoms with E-state index in [9.17, 15) is 0 Å². The quantitative estimate of drug-likeness (QED) is 0.543. The van der Waals surface area contributed by atoms with E-state index in [-0.39, 0.29) is 0 Å². The molecule has 0 saturated carbocycles. The molecule has 0 unspecified atom stereocenters. The minimum Gasteiger partial charge on any atom is -0.0628 e. The molecule has 0 amide bonds. The van der Waals surface area contributed by atoms with Gasteiger partial charge in [0.05, 0.1) is 0 Å². The first-order valence-corrected chi connectivity index (χ1v) is 3.96. The SMILES string of the molecule is [CH2]C[C@H](C)CCC(C)C. The summed E-state index contributed by atoms with van der Waals surface area (Å²) in [7, 11) is 0. The molecule has 0 rings (SSSR count). The van der Waals surface area contributed by atoms with Gasteiger partial charge in [0, 0.05) is 0 Å². The molecule has 0 spiro atoms. The molecule has 55 valence electrons. The van der Waals surface area contributed by atoms with Crippen LogP contribution in [-0.2, 0) is 0 Å². The topological polar surface area (TPSA) is 0 Å². The van der Waals surface area contributed by atoms with E-state index in [1.165, 1.54) is 12.8 Å². The van der Waals surface area contributed by atoms with Gasteiger partial charge in [-0.3, -0.25) is 0 Å². The van der Waals surface area contributed by atoms with Gasteiger partial charge in [0.25, 0.3) is 0 Å². The molecule has 0 heterocycles. The lowest BCUT2D eigenvalue weighted by molar-refractivity contribution is 0.452. The van der Waals surface area contributed by atoms with Crippen LogP contribution in [0, 0.1) is 18.8 Å². The Morgan fingerprint density at radius 1 is 1.11 bits per heavy atom. The second-order valence-corrected chi connectivity index (χ2v) is 3.37. The number of hydrogen-bond acceptors (Lipinski definition) is 0. The van der Waals surface area contributed by atoms with Gasteiger partial charge in [-0.25, -0.2) is 0 Å². The monoisotopic (exact) mass is 127 g/mol. The van der Waals surface area contributed by atoms with Crippen molar-refractivity contribution in [3.63, 3.8) is 0 Å². The average molecular weight is 127 g/mol. The molecule has 0 aliphatic rings. The maximum absolute atomic E-state index is 3.86. The molecule has 1 atom stereocenters. The van der Waals surface area contributed by atoms with Crippen LogP contribution in [0.3, 0.4) is 0 Å². The third kappa shape index (κ3) is 5.88. The van der Waals surface area contributed by atoms with Gasteiger partial charge in [0.2, 0.25) is 0 Å². The summed E-state index contributed by atoms with van der Waals surface area (Å²) in [6.45, 7) is 10.7. The highest BCUT2D eigenvalue weighted by atomic mass is 14.1. The fourth-order valence-electron chi connectivity index (χ4n) is 0.762. The van der Waals surface area contributed by atoms with Gasteiger partial charge in [-0.1, -0.05) is 47.0 Å². The summed E-state index contributed by atoms with van der Waals surface area (Å²) >= 11 is 0. The molecule has 0 aromatic heterocycles. The summed E-state index contributed by atoms with van der Waals surface area (Å²) in [4.78, 5) is 0. The van der Waals surface area contributed by atoms with Crippen LogP contribution in [0.15, 0.2) is 0 Å². The summed E-state index contributed by atoms with van der Waals surface area (Å²) in [5.41, 5.74) is 0. The second kappa shape index (κ2) is 4.84. The standard InChI is InChI=1S/C9H19/c1-5-9(4)7-6-8(2)3/h8-9H,1,5-7H2,2-4H3/t9-/m0/s1. The molecule has 0 nitrogen and oxygen atoms in total. The second-order valence-electron chi connectivity index (χ2n) is 3.37. The van der Waals surface area contributed by atoms with Crippen molar-refractivity contribution in [2.24, 2.45) is 11.8 Å². The minimum atomic E-state index is 0.826. The van der Waals surface area contributed by atoms with Gasteiger partial charge >= 0.3 is 0 Å². The fourth-order valence-corrected chi connectivity index (χ4v) is 0.762. The van der Waals surface area contributed by atoms with Gasteiger partial charge in [-0.15, -0.1) is 0 Å². The van der Waals surface area contributed by atoms with Crippen LogP contribution in [0.4, 0.5) is 0 Å². The summed E-state index contributed by atoms with van der Waals surface area (Å²) in [6, 6.07) is 0. The van der Waals surface area contributed by atoms with E-state index < -0.39 is 0 Å². The maximum Gasteiger partial charge on any atom is -0.0443 e. The highest BCUT2D eigenvalue weighted by Crippen LogP contribution is 2.13. The largest absolute Gasteiger partial charge is 0.0628 e. The van der Waals surface area contributed by atoms with Gasteiger partial charge in [0.1, 0.15) is 0 Å². The molecule has 1 radical (unpaired) electrons. The van der Waals surface area contributed by atoms with Crippen molar-refractivity contribution in [3.8, 4) is 0 Å². The maximum atomic E-state index is 3.86. The first-order chi connectivity index (χ1) is 4.16. The lowest BCUT2D eigenvalue weighted by Crippen LogP contribution is -1.95. The van der Waals surface area contributed by atoms with Crippen molar-refractivity contribution in [3.05, 3.63) is 6.92 Å². The van der Waals surface area contributed by atoms with Crippen molar-refractivity contribution in [2.75, 3.05) is 0 Å². The smallest absolute Gasteiger partial charge is 0.0443 e. The Bertz CT molecular complexity index is 55.1. The number of rotatable bonds is 4. The van der Waals surface area contributed by atoms with E-state index in [1.54, 1.807) is 0 Å². The normalized spacial score (nSPS) is 14.3. The van der Waals surface area contributed by atoms with E-state index in [4.69, 9.17) is 0 Å². The van der Waals surface area contributed by atoms with Crippen molar-refractivity contribution in [2.45, 2.75) is 40.0 Å². The summed E-state index contributed by atoms with van der Waals surface area (Å²) in [5, 5.41) is 0. The Morgan fingerprint density at radius 3 is 2.00 bits per heavy atom. The van der Waals surface area contributed by atoms with E-state index >= 15 is 0 Å². The molecule has 0 aliphatic carbocycles. The van der Waals surface area contributed by atoms with E-state index in [0.717, 1.165) is 18.3 Å². The van der Waals surface area contributed by atoms with Crippen LogP contribution >= 0.6 is 0 Å². The number of hydrogen-bond donors (Lipinski definition) is 0. The van der Waals surface area contributed by atoms with E-state index in [2.05, 4.69) is 27.7 Å². The van der Waals surface area contributed by atoms with Crippen LogP contribution in [-0.4, -0.2) is 0 Å². The first kappa shape index (κ1) is 9.00. The van der Waals surface area contributed by atoms with Crippen molar-refractivity contribution < 1.29 is 0 Å². The lowest BCUT2D eigenvalue weighted by atomic mass is 9.98. The lowest BCUT2D eigenvalue weighted by Gasteiger charge is -2.08. The van der Waals surface area contributed by atoms with Crippen molar-refractivity contribution >= 4 is 0 Å². The highest BCUT2D eigenvalue weighted by molar-refractivity contribution is 4.55.